The molecular weight excluding hydrogens is 497 g/mol. The molecular formula is C23H19Cl2N5OS2. The van der Waals surface area contributed by atoms with Gasteiger partial charge >= 0.3 is 0 Å². The number of carbonyl (C=O) groups is 1. The molecule has 0 aliphatic rings. The van der Waals surface area contributed by atoms with Gasteiger partial charge in [-0.1, -0.05) is 77.4 Å². The summed E-state index contributed by atoms with van der Waals surface area (Å²) in [6.07, 6.45) is 4.05. The van der Waals surface area contributed by atoms with Gasteiger partial charge in [-0.2, -0.15) is 0 Å². The lowest BCUT2D eigenvalue weighted by atomic mass is 10.1. The fraction of sp³-hybridized carbons (Fsp3) is 0.130. The highest BCUT2D eigenvalue weighted by atomic mass is 35.5. The highest BCUT2D eigenvalue weighted by Crippen LogP contribution is 2.30. The van der Waals surface area contributed by atoms with Crippen LogP contribution >= 0.6 is 46.3 Å². The first-order chi connectivity index (χ1) is 16.0. The first-order valence-electron chi connectivity index (χ1n) is 9.95. The van der Waals surface area contributed by atoms with Gasteiger partial charge in [-0.15, -0.1) is 28.1 Å². The molecule has 0 aliphatic carbocycles. The monoisotopic (exact) mass is 515 g/mol. The van der Waals surface area contributed by atoms with Gasteiger partial charge in [0.05, 0.1) is 5.75 Å². The average Bonchev–Trinajstić information content (AvgIpc) is 3.42. The Bertz CT molecular complexity index is 1250. The third-order valence-electron chi connectivity index (χ3n) is 4.61. The molecule has 1 N–H and O–H groups in total. The zero-order valence-corrected chi connectivity index (χ0v) is 20.5. The van der Waals surface area contributed by atoms with Crippen LogP contribution in [0, 0.1) is 0 Å². The molecule has 33 heavy (non-hydrogen) atoms. The van der Waals surface area contributed by atoms with E-state index in [1.165, 1.54) is 23.1 Å². The number of halogens is 2. The third kappa shape index (κ3) is 5.83. The number of nitrogens with zero attached hydrogens (tertiary/aromatic N) is 4. The first kappa shape index (κ1) is 23.5. The predicted molar refractivity (Wildman–Crippen MR) is 136 cm³/mol. The molecule has 0 saturated heterocycles. The minimum Gasteiger partial charge on any atom is -0.301 e. The van der Waals surface area contributed by atoms with Crippen LogP contribution in [0.1, 0.15) is 10.4 Å². The van der Waals surface area contributed by atoms with Crippen molar-refractivity contribution in [1.29, 1.82) is 0 Å². The molecule has 0 fully saturated rings. The van der Waals surface area contributed by atoms with Crippen LogP contribution < -0.4 is 5.32 Å². The number of thiazole rings is 1. The normalized spacial score (nSPS) is 10.8. The molecule has 6 nitrogen and oxygen atoms in total. The Balaban J connectivity index is 1.38. The topological polar surface area (TPSA) is 72.7 Å². The van der Waals surface area contributed by atoms with Crippen molar-refractivity contribution in [2.24, 2.45) is 0 Å². The van der Waals surface area contributed by atoms with Crippen LogP contribution in [0.4, 0.5) is 5.13 Å². The summed E-state index contributed by atoms with van der Waals surface area (Å²) in [5, 5.41) is 13.8. The quantitative estimate of drug-likeness (QED) is 0.211. The molecule has 0 unspecified atom stereocenters. The summed E-state index contributed by atoms with van der Waals surface area (Å²) >= 11 is 15.2. The second-order valence-corrected chi connectivity index (χ2v) is 9.79. The molecule has 2 aromatic heterocycles. The number of thioether (sulfide) groups is 1. The number of amides is 1. The average molecular weight is 516 g/mol. The van der Waals surface area contributed by atoms with Crippen LogP contribution in [0.2, 0.25) is 10.0 Å². The van der Waals surface area contributed by atoms with Crippen molar-refractivity contribution < 1.29 is 4.79 Å². The largest absolute Gasteiger partial charge is 0.301 e. The van der Waals surface area contributed by atoms with Crippen molar-refractivity contribution in [1.82, 2.24) is 19.7 Å². The van der Waals surface area contributed by atoms with Crippen LogP contribution in [0.5, 0.6) is 0 Å². The standard InChI is InChI=1S/C23H19Cl2N5OS2/c1-2-11-30-21(15-7-4-3-5-8-15)28-29-23(30)32-14-20(31)27-22-26-13-16(33-22)12-17-18(24)9-6-10-19(17)25/h2-10,13H,1,11-12,14H2,(H,26,27,31). The highest BCUT2D eigenvalue weighted by Gasteiger charge is 2.16. The Kier molecular flexibility index (Phi) is 7.82. The molecule has 0 atom stereocenters. The van der Waals surface area contributed by atoms with E-state index < -0.39 is 0 Å². The van der Waals surface area contributed by atoms with Gasteiger partial charge in [0.1, 0.15) is 0 Å². The highest BCUT2D eigenvalue weighted by molar-refractivity contribution is 7.99. The zero-order valence-electron chi connectivity index (χ0n) is 17.4. The Hall–Kier alpha value is -2.65. The van der Waals surface area contributed by atoms with Gasteiger partial charge in [0, 0.05) is 39.6 Å². The third-order valence-corrected chi connectivity index (χ3v) is 7.19. The molecule has 0 bridgehead atoms. The Morgan fingerprint density at radius 2 is 1.88 bits per heavy atom. The summed E-state index contributed by atoms with van der Waals surface area (Å²) in [6.45, 7) is 4.36. The van der Waals surface area contributed by atoms with E-state index in [0.29, 0.717) is 33.3 Å². The molecule has 2 heterocycles. The Morgan fingerprint density at radius 1 is 1.12 bits per heavy atom. The minimum atomic E-state index is -0.175. The summed E-state index contributed by atoms with van der Waals surface area (Å²) < 4.78 is 1.94. The Morgan fingerprint density at radius 3 is 2.61 bits per heavy atom. The molecule has 10 heteroatoms. The molecule has 2 aromatic carbocycles. The van der Waals surface area contributed by atoms with E-state index in [-0.39, 0.29) is 11.7 Å². The number of anilines is 1. The van der Waals surface area contributed by atoms with Gasteiger partial charge in [-0.05, 0) is 17.7 Å². The Labute approximate surface area is 209 Å². The van der Waals surface area contributed by atoms with E-state index in [0.717, 1.165) is 21.8 Å². The van der Waals surface area contributed by atoms with Crippen molar-refractivity contribution in [3.05, 3.63) is 87.9 Å². The van der Waals surface area contributed by atoms with Gasteiger partial charge in [0.15, 0.2) is 16.1 Å². The van der Waals surface area contributed by atoms with Crippen molar-refractivity contribution >= 4 is 57.3 Å². The summed E-state index contributed by atoms with van der Waals surface area (Å²) in [4.78, 5) is 17.8. The molecule has 0 saturated carbocycles. The lowest BCUT2D eigenvalue weighted by molar-refractivity contribution is -0.113. The molecule has 0 spiro atoms. The zero-order chi connectivity index (χ0) is 23.2. The van der Waals surface area contributed by atoms with Gasteiger partial charge < -0.3 is 5.32 Å². The predicted octanol–water partition coefficient (Wildman–Crippen LogP) is 6.22. The number of nitrogens with one attached hydrogen (secondary N) is 1. The second-order valence-electron chi connectivity index (χ2n) is 6.92. The lowest BCUT2D eigenvalue weighted by Gasteiger charge is -2.07. The number of benzene rings is 2. The van der Waals surface area contributed by atoms with Crippen molar-refractivity contribution in [2.75, 3.05) is 11.1 Å². The van der Waals surface area contributed by atoms with E-state index in [2.05, 4.69) is 27.1 Å². The number of rotatable bonds is 9. The van der Waals surface area contributed by atoms with Gasteiger partial charge in [0.2, 0.25) is 5.91 Å². The van der Waals surface area contributed by atoms with Crippen molar-refractivity contribution in [3.8, 4) is 11.4 Å². The van der Waals surface area contributed by atoms with Crippen LogP contribution in [0.25, 0.3) is 11.4 Å². The van der Waals surface area contributed by atoms with E-state index in [9.17, 15) is 4.79 Å². The van der Waals surface area contributed by atoms with Crippen molar-refractivity contribution in [2.45, 2.75) is 18.1 Å². The molecule has 1 amide bonds. The van der Waals surface area contributed by atoms with E-state index >= 15 is 0 Å². The number of hydrogen-bond donors (Lipinski definition) is 1. The summed E-state index contributed by atoms with van der Waals surface area (Å²) in [5.74, 6) is 0.738. The van der Waals surface area contributed by atoms with Crippen molar-refractivity contribution in [3.63, 3.8) is 0 Å². The molecule has 0 aliphatic heterocycles. The molecule has 4 rings (SSSR count). The maximum absolute atomic E-state index is 12.5. The van der Waals surface area contributed by atoms with Crippen LogP contribution in [-0.2, 0) is 17.8 Å². The van der Waals surface area contributed by atoms with E-state index in [4.69, 9.17) is 23.2 Å². The van der Waals surface area contributed by atoms with E-state index in [1.54, 1.807) is 24.4 Å². The summed E-state index contributed by atoms with van der Waals surface area (Å²) in [7, 11) is 0. The smallest absolute Gasteiger partial charge is 0.236 e. The molecule has 168 valence electrons. The lowest BCUT2D eigenvalue weighted by Crippen LogP contribution is -2.14. The number of aromatic nitrogens is 4. The summed E-state index contributed by atoms with van der Waals surface area (Å²) in [6, 6.07) is 15.2. The van der Waals surface area contributed by atoms with Gasteiger partial charge in [-0.25, -0.2) is 4.98 Å². The first-order valence-corrected chi connectivity index (χ1v) is 12.5. The maximum atomic E-state index is 12.5. The molecule has 4 aromatic rings. The number of carbonyl (C=O) groups excluding carboxylic acids is 1. The fourth-order valence-electron chi connectivity index (χ4n) is 3.10. The molecule has 0 radical (unpaired) electrons. The number of allylic oxidation sites excluding steroid dienone is 1. The van der Waals surface area contributed by atoms with Gasteiger partial charge in [-0.3, -0.25) is 9.36 Å². The summed E-state index contributed by atoms with van der Waals surface area (Å²) in [5.41, 5.74) is 1.80. The van der Waals surface area contributed by atoms with Gasteiger partial charge in [0.25, 0.3) is 0 Å². The SMILES string of the molecule is C=CCn1c(SCC(=O)Nc2ncc(Cc3c(Cl)cccc3Cl)s2)nnc1-c1ccccc1. The van der Waals surface area contributed by atoms with Crippen LogP contribution in [0.3, 0.4) is 0 Å². The van der Waals surface area contributed by atoms with Crippen LogP contribution in [0.15, 0.2) is 72.5 Å². The fourth-order valence-corrected chi connectivity index (χ4v) is 5.22. The van der Waals surface area contributed by atoms with Crippen LogP contribution in [-0.4, -0.2) is 31.4 Å². The maximum Gasteiger partial charge on any atom is 0.236 e. The number of hydrogen-bond acceptors (Lipinski definition) is 6. The van der Waals surface area contributed by atoms with E-state index in [1.807, 2.05) is 41.0 Å². The second kappa shape index (κ2) is 11.0. The minimum absolute atomic E-state index is 0.175.